The Morgan fingerprint density at radius 3 is 2.72 bits per heavy atom. The van der Waals surface area contributed by atoms with Gasteiger partial charge in [0.2, 0.25) is 0 Å². The highest BCUT2D eigenvalue weighted by Gasteiger charge is 2.49. The Labute approximate surface area is 213 Å². The molecule has 1 aromatic heterocycles. The van der Waals surface area contributed by atoms with Gasteiger partial charge in [-0.2, -0.15) is 0 Å². The zero-order valence-corrected chi connectivity index (χ0v) is 20.8. The highest BCUT2D eigenvalue weighted by Crippen LogP contribution is 2.49. The van der Waals surface area contributed by atoms with Crippen molar-refractivity contribution >= 4 is 38.8 Å². The lowest BCUT2D eigenvalue weighted by atomic mass is 9.70. The van der Waals surface area contributed by atoms with Gasteiger partial charge in [0.1, 0.15) is 11.3 Å². The monoisotopic (exact) mass is 505 g/mol. The van der Waals surface area contributed by atoms with Gasteiger partial charge < -0.3 is 32.6 Å². The van der Waals surface area contributed by atoms with Gasteiger partial charge in [-0.15, -0.1) is 11.3 Å². The Kier molecular flexibility index (Phi) is 5.75. The summed E-state index contributed by atoms with van der Waals surface area (Å²) < 4.78 is 6.81. The molecule has 1 saturated heterocycles. The summed E-state index contributed by atoms with van der Waals surface area (Å²) in [5.74, 6) is 0.106. The average molecular weight is 506 g/mol. The first kappa shape index (κ1) is 23.4. The molecule has 0 radical (unpaired) electrons. The number of nitrogens with two attached hydrogens (primary N) is 3. The van der Waals surface area contributed by atoms with Gasteiger partial charge in [0, 0.05) is 29.2 Å². The Hall–Kier alpha value is -2.98. The SMILES string of the molecule is Nc1ccc2c3c(c(C(=O)NC4CCCNC4)sc13)C(N)C(=O)C2(N)c1cccc(OC2CCC2)c1. The number of carbonyl (C=O) groups excluding carboxylic acids is 2. The normalized spacial score (nSPS) is 26.0. The molecule has 2 fully saturated rings. The van der Waals surface area contributed by atoms with Crippen LogP contribution < -0.4 is 32.6 Å². The van der Waals surface area contributed by atoms with Crippen molar-refractivity contribution in [1.82, 2.24) is 10.6 Å². The molecule has 2 aliphatic carbocycles. The van der Waals surface area contributed by atoms with Crippen molar-refractivity contribution in [3.8, 4) is 5.75 Å². The molecule has 8 nitrogen and oxygen atoms in total. The minimum absolute atomic E-state index is 0.0306. The summed E-state index contributed by atoms with van der Waals surface area (Å²) in [5.41, 5.74) is 20.7. The van der Waals surface area contributed by atoms with E-state index in [2.05, 4.69) is 10.6 Å². The van der Waals surface area contributed by atoms with Crippen molar-refractivity contribution in [2.45, 2.75) is 55.8 Å². The Morgan fingerprint density at radius 1 is 1.17 bits per heavy atom. The molecule has 3 aliphatic rings. The molecule has 2 heterocycles. The maximum Gasteiger partial charge on any atom is 0.262 e. The maximum atomic E-state index is 13.9. The van der Waals surface area contributed by atoms with Crippen LogP contribution in [0.5, 0.6) is 5.75 Å². The second-order valence-electron chi connectivity index (χ2n) is 10.1. The van der Waals surface area contributed by atoms with Gasteiger partial charge in [-0.05, 0) is 68.0 Å². The van der Waals surface area contributed by atoms with E-state index in [1.165, 1.54) is 11.3 Å². The molecule has 188 valence electrons. The Morgan fingerprint density at radius 2 is 2.00 bits per heavy atom. The van der Waals surface area contributed by atoms with Crippen LogP contribution in [0.4, 0.5) is 5.69 Å². The van der Waals surface area contributed by atoms with Gasteiger partial charge in [0.15, 0.2) is 5.78 Å². The highest BCUT2D eigenvalue weighted by atomic mass is 32.1. The number of nitrogens with one attached hydrogen (secondary N) is 2. The van der Waals surface area contributed by atoms with Crippen LogP contribution in [-0.2, 0) is 10.3 Å². The van der Waals surface area contributed by atoms with Crippen LogP contribution in [0.1, 0.15) is 64.5 Å². The van der Waals surface area contributed by atoms with Gasteiger partial charge in [0.25, 0.3) is 5.91 Å². The summed E-state index contributed by atoms with van der Waals surface area (Å²) in [4.78, 5) is 27.8. The van der Waals surface area contributed by atoms with Crippen LogP contribution in [0, 0.1) is 0 Å². The quantitative estimate of drug-likeness (QED) is 0.335. The van der Waals surface area contributed by atoms with E-state index < -0.39 is 11.6 Å². The number of hydrogen-bond acceptors (Lipinski definition) is 8. The largest absolute Gasteiger partial charge is 0.490 e. The molecule has 6 rings (SSSR count). The molecular formula is C27H31N5O3S. The zero-order chi connectivity index (χ0) is 25.0. The second kappa shape index (κ2) is 8.85. The van der Waals surface area contributed by atoms with E-state index in [1.54, 1.807) is 12.1 Å². The smallest absolute Gasteiger partial charge is 0.262 e. The van der Waals surface area contributed by atoms with Crippen LogP contribution in [0.15, 0.2) is 36.4 Å². The van der Waals surface area contributed by atoms with Crippen LogP contribution in [0.3, 0.4) is 0 Å². The first-order valence-electron chi connectivity index (χ1n) is 12.6. The van der Waals surface area contributed by atoms with Gasteiger partial charge >= 0.3 is 0 Å². The first-order valence-corrected chi connectivity index (χ1v) is 13.4. The van der Waals surface area contributed by atoms with Crippen molar-refractivity contribution in [1.29, 1.82) is 0 Å². The molecule has 3 atom stereocenters. The fourth-order valence-corrected chi connectivity index (χ4v) is 6.77. The minimum Gasteiger partial charge on any atom is -0.490 e. The number of piperidine rings is 1. The molecule has 9 heteroatoms. The molecule has 0 bridgehead atoms. The number of ether oxygens (including phenoxy) is 1. The van der Waals surface area contributed by atoms with Gasteiger partial charge in [-0.1, -0.05) is 18.2 Å². The molecular weight excluding hydrogens is 474 g/mol. The summed E-state index contributed by atoms with van der Waals surface area (Å²) >= 11 is 1.28. The lowest BCUT2D eigenvalue weighted by Gasteiger charge is -2.37. The number of thiophene rings is 1. The standard InChI is InChI=1S/C27H31N5O3S/c28-19-10-9-18-20-21(24(36-23(19)20)26(34)32-15-5-3-11-31-13-15)22(29)25(33)27(18,30)14-4-1-8-17(12-14)35-16-6-2-7-16/h1,4,8-10,12,15-16,22,31H,2-3,5-7,11,13,28-30H2,(H,32,34). The number of carbonyl (C=O) groups is 2. The molecule has 2 aromatic carbocycles. The van der Waals surface area contributed by atoms with Crippen molar-refractivity contribution in [3.63, 3.8) is 0 Å². The lowest BCUT2D eigenvalue weighted by molar-refractivity contribution is -0.124. The summed E-state index contributed by atoms with van der Waals surface area (Å²) in [7, 11) is 0. The molecule has 3 unspecified atom stereocenters. The highest BCUT2D eigenvalue weighted by molar-refractivity contribution is 7.21. The van der Waals surface area contributed by atoms with Crippen LogP contribution >= 0.6 is 11.3 Å². The molecule has 1 amide bonds. The van der Waals surface area contributed by atoms with E-state index in [0.29, 0.717) is 38.4 Å². The molecule has 1 saturated carbocycles. The van der Waals surface area contributed by atoms with Gasteiger partial charge in [-0.3, -0.25) is 9.59 Å². The lowest BCUT2D eigenvalue weighted by Crippen LogP contribution is -2.52. The van der Waals surface area contributed by atoms with E-state index in [0.717, 1.165) is 49.9 Å². The summed E-state index contributed by atoms with van der Waals surface area (Å²) in [6.07, 6.45) is 5.32. The van der Waals surface area contributed by atoms with Crippen LogP contribution in [0.2, 0.25) is 0 Å². The van der Waals surface area contributed by atoms with Crippen LogP contribution in [0.25, 0.3) is 10.1 Å². The number of ketones is 1. The second-order valence-corrected chi connectivity index (χ2v) is 11.1. The van der Waals surface area contributed by atoms with Crippen molar-refractivity contribution in [3.05, 3.63) is 58.0 Å². The topological polar surface area (TPSA) is 145 Å². The third kappa shape index (κ3) is 3.61. The van der Waals surface area contributed by atoms with Gasteiger partial charge in [-0.25, -0.2) is 0 Å². The van der Waals surface area contributed by atoms with Crippen molar-refractivity contribution in [2.24, 2.45) is 11.5 Å². The molecule has 0 spiro atoms. The number of rotatable bonds is 5. The molecule has 3 aromatic rings. The predicted octanol–water partition coefficient (Wildman–Crippen LogP) is 2.68. The van der Waals surface area contributed by atoms with Crippen molar-refractivity contribution in [2.75, 3.05) is 18.8 Å². The zero-order valence-electron chi connectivity index (χ0n) is 20.0. The first-order chi connectivity index (χ1) is 17.4. The number of amides is 1. The number of hydrogen-bond donors (Lipinski definition) is 5. The third-order valence-corrected chi connectivity index (χ3v) is 9.05. The average Bonchev–Trinajstić information content (AvgIpc) is 3.27. The number of Topliss-reactive ketones (excluding diaryl/α,β-unsaturated/α-hetero) is 1. The predicted molar refractivity (Wildman–Crippen MR) is 141 cm³/mol. The Bertz CT molecular complexity index is 1360. The summed E-state index contributed by atoms with van der Waals surface area (Å²) in [5, 5.41) is 7.13. The minimum atomic E-state index is -1.49. The summed E-state index contributed by atoms with van der Waals surface area (Å²) in [6, 6.07) is 9.94. The van der Waals surface area contributed by atoms with E-state index in [-0.39, 0.29) is 23.8 Å². The maximum absolute atomic E-state index is 13.9. The fourth-order valence-electron chi connectivity index (χ4n) is 5.57. The Balaban J connectivity index is 1.46. The molecule has 1 aliphatic heterocycles. The molecule has 36 heavy (non-hydrogen) atoms. The fraction of sp³-hybridized carbons (Fsp3) is 0.407. The van der Waals surface area contributed by atoms with E-state index in [9.17, 15) is 9.59 Å². The third-order valence-electron chi connectivity index (χ3n) is 7.80. The van der Waals surface area contributed by atoms with E-state index >= 15 is 0 Å². The number of benzene rings is 2. The van der Waals surface area contributed by atoms with Crippen LogP contribution in [-0.4, -0.2) is 36.9 Å². The van der Waals surface area contributed by atoms with Gasteiger partial charge in [0.05, 0.1) is 21.7 Å². The molecule has 8 N–H and O–H groups in total. The van der Waals surface area contributed by atoms with E-state index in [4.69, 9.17) is 21.9 Å². The van der Waals surface area contributed by atoms with E-state index in [1.807, 2.05) is 24.3 Å². The van der Waals surface area contributed by atoms with Crippen molar-refractivity contribution < 1.29 is 14.3 Å². The number of nitrogen functional groups attached to an aromatic ring is 1. The summed E-state index contributed by atoms with van der Waals surface area (Å²) in [6.45, 7) is 1.67. The number of anilines is 1.